The highest BCUT2D eigenvalue weighted by atomic mass is 31.3. The van der Waals surface area contributed by atoms with E-state index in [0.717, 1.165) is 71.1 Å². The van der Waals surface area contributed by atoms with Crippen LogP contribution < -0.4 is 11.2 Å². The predicted octanol–water partition coefficient (Wildman–Crippen LogP) is 7.10. The van der Waals surface area contributed by atoms with Gasteiger partial charge >= 0.3 is 58.6 Å². The van der Waals surface area contributed by atoms with E-state index in [1.807, 2.05) is 64.8 Å². The van der Waals surface area contributed by atoms with E-state index >= 15 is 0 Å². The number of nitrogens with one attached hydrogen (secondary N) is 1. The molecule has 0 aliphatic carbocycles. The van der Waals surface area contributed by atoms with Crippen molar-refractivity contribution in [1.29, 1.82) is 0 Å². The van der Waals surface area contributed by atoms with Crippen LogP contribution in [0.4, 0.5) is 0 Å². The van der Waals surface area contributed by atoms with Gasteiger partial charge in [-0.1, -0.05) is 69.9 Å². The van der Waals surface area contributed by atoms with Crippen molar-refractivity contribution in [3.8, 4) is 11.9 Å². The Morgan fingerprint density at radius 1 is 0.578 bits per heavy atom. The molecule has 2 aliphatic rings. The standard InChI is InChI=1S/C49H76N6O29P6/c1-28(2)13-9-15-30(5)17-11-19-32(7)21-23-34(41-38(57)39(58)46(76-41)55-27-50-37-44(55)52-48(61)53-45(37)60)78-86(66,67)83-90(74,75)84-88(70,71)80-43-40(59)47(54-26-25-36(56)51-49(54)62)77-42(43)35(79-87(68,69)82-89(72,73)81-85(63,64)65)24-22-33(8)20-12-18-31(6)16-10-14-29(3)4/h13-14,17-18,21-22,25-27,34-35,38-43,46-47,57-59H,9-12,15-16,19-20,23-24H2,1-8H3,(H,66,67)(H,68,69)(H,70,71)(H,72,73)(H,74,75)(H,51,56,62)(H2,63,64,65)(H2,52,53,60,61)/t34?,35?,38-,39+,40+,41+,42+,43-,46+,47+/m0/s1. The summed E-state index contributed by atoms with van der Waals surface area (Å²) in [5.41, 5.74) is 2.49. The van der Waals surface area contributed by atoms with Crippen LogP contribution in [-0.2, 0) is 67.7 Å². The third-order valence-electron chi connectivity index (χ3n) is 13.3. The molecule has 3 aromatic rings. The van der Waals surface area contributed by atoms with E-state index in [2.05, 4.69) is 38.3 Å². The number of ether oxygens (including phenoxy) is 2. The zero-order chi connectivity index (χ0) is 67.5. The largest absolute Gasteiger partial charge is 0.492 e. The molecule has 2 aliphatic heterocycles. The number of aromatic nitrogens is 6. The van der Waals surface area contributed by atoms with Crippen molar-refractivity contribution in [1.82, 2.24) is 29.1 Å². The summed E-state index contributed by atoms with van der Waals surface area (Å²) in [6.45, 7) is 14.9. The zero-order valence-electron chi connectivity index (χ0n) is 49.8. The van der Waals surface area contributed by atoms with Crippen LogP contribution in [0.5, 0.6) is 11.9 Å². The smallest absolute Gasteiger partial charge is 0.490 e. The minimum atomic E-state index is -6.59. The average molecular weight is 1400 g/mol. The number of fused-ring (bicyclic) bond motifs is 1. The zero-order valence-corrected chi connectivity index (χ0v) is 55.1. The molecule has 5 heterocycles. The molecule has 2 fully saturated rings. The first-order valence-corrected chi connectivity index (χ1v) is 36.3. The van der Waals surface area contributed by atoms with Crippen LogP contribution in [0, 0.1) is 0 Å². The second-order valence-electron chi connectivity index (χ2n) is 21.6. The monoisotopic (exact) mass is 1400 g/mol. The maximum Gasteiger partial charge on any atom is 0.490 e. The van der Waals surface area contributed by atoms with E-state index in [1.165, 1.54) is 12.2 Å². The fourth-order valence-electron chi connectivity index (χ4n) is 9.15. The first-order valence-electron chi connectivity index (χ1n) is 27.3. The van der Waals surface area contributed by atoms with Crippen LogP contribution in [-0.4, -0.2) is 138 Å². The lowest BCUT2D eigenvalue weighted by atomic mass is 10.0. The lowest BCUT2D eigenvalue weighted by Gasteiger charge is -2.30. The number of aliphatic hydroxyl groups is 3. The van der Waals surface area contributed by atoms with Crippen LogP contribution in [0.15, 0.2) is 98.1 Å². The van der Waals surface area contributed by atoms with Gasteiger partial charge in [-0.3, -0.25) is 32.5 Å². The summed E-state index contributed by atoms with van der Waals surface area (Å²) < 4.78 is 124. The molecular weight excluding hydrogens is 1320 g/mol. The highest BCUT2D eigenvalue weighted by Crippen LogP contribution is 2.70. The van der Waals surface area contributed by atoms with Gasteiger partial charge in [0.25, 0.3) is 5.56 Å². The lowest BCUT2D eigenvalue weighted by molar-refractivity contribution is -0.0817. The van der Waals surface area contributed by atoms with Gasteiger partial charge in [0.2, 0.25) is 5.88 Å². The Labute approximate surface area is 515 Å². The molecule has 5 rings (SSSR count). The summed E-state index contributed by atoms with van der Waals surface area (Å²) in [6.07, 6.45) is -5.84. The molecule has 35 nitrogen and oxygen atoms in total. The number of phosphoric ester groups is 3. The van der Waals surface area contributed by atoms with Gasteiger partial charge in [-0.15, -0.1) is 0 Å². The second-order valence-corrected chi connectivity index (χ2v) is 30.5. The number of imidazole rings is 1. The maximum absolute atomic E-state index is 14.0. The topological polar surface area (TPSA) is 527 Å². The number of hydrogen-bond acceptors (Lipinski definition) is 25. The molecule has 0 radical (unpaired) electrons. The number of phosphoric acid groups is 6. The van der Waals surface area contributed by atoms with Crippen molar-refractivity contribution in [3.63, 3.8) is 0 Å². The highest BCUT2D eigenvalue weighted by Gasteiger charge is 2.56. The number of aliphatic hydroxyl groups excluding tert-OH is 3. The SMILES string of the molecule is CC(C)=CCCC(C)=CCCC(C)=CCC(OP(=O)(O)OP(=O)(O)OP(=O)(O)O[C@H]1[C@@H](O)[C@H](n2ccc(=O)[nH]c2=O)O[C@@H]1C(CC=C(C)CCC=C(C)CCC=C(C)C)OP(=O)(O)OP(=O)(O)OP(=O)(O)O)[C@H]1O[C@@H](n2cnc3c(O)nc(O)nc32)[C@H](O)[C@@H]1O. The van der Waals surface area contributed by atoms with Gasteiger partial charge in [0.15, 0.2) is 23.6 Å². The maximum atomic E-state index is 14.0. The van der Waals surface area contributed by atoms with Crippen molar-refractivity contribution >= 4 is 58.1 Å². The molecular formula is C49H76N6O29P6. The minimum Gasteiger partial charge on any atom is -0.492 e. The predicted molar refractivity (Wildman–Crippen MR) is 316 cm³/mol. The van der Waals surface area contributed by atoms with Crippen LogP contribution in [0.1, 0.15) is 132 Å². The van der Waals surface area contributed by atoms with Gasteiger partial charge < -0.3 is 69.3 Å². The van der Waals surface area contributed by atoms with Crippen molar-refractivity contribution in [2.24, 2.45) is 0 Å². The second kappa shape index (κ2) is 32.4. The first-order chi connectivity index (χ1) is 41.6. The molecule has 3 aromatic heterocycles. The summed E-state index contributed by atoms with van der Waals surface area (Å²) in [4.78, 5) is 110. The number of aromatic amines is 1. The molecule has 90 heavy (non-hydrogen) atoms. The Morgan fingerprint density at radius 3 is 1.51 bits per heavy atom. The third kappa shape index (κ3) is 24.0. The number of aromatic hydroxyl groups is 2. The van der Waals surface area contributed by atoms with Crippen LogP contribution in [0.2, 0.25) is 0 Å². The fourth-order valence-corrected chi connectivity index (χ4v) is 16.2. The van der Waals surface area contributed by atoms with Crippen molar-refractivity contribution in [2.75, 3.05) is 0 Å². The van der Waals surface area contributed by atoms with Crippen molar-refractivity contribution in [3.05, 3.63) is 109 Å². The van der Waals surface area contributed by atoms with Gasteiger partial charge in [-0.25, -0.2) is 37.2 Å². The van der Waals surface area contributed by atoms with Crippen LogP contribution in [0.25, 0.3) is 11.2 Å². The molecule has 2 saturated heterocycles. The summed E-state index contributed by atoms with van der Waals surface area (Å²) >= 11 is 0. The molecule has 0 aromatic carbocycles. The van der Waals surface area contributed by atoms with Crippen LogP contribution >= 0.6 is 46.9 Å². The molecule has 15 atom stereocenters. The molecule has 0 bridgehead atoms. The van der Waals surface area contributed by atoms with Gasteiger partial charge in [0, 0.05) is 12.3 Å². The highest BCUT2D eigenvalue weighted by molar-refractivity contribution is 7.67. The van der Waals surface area contributed by atoms with E-state index in [1.54, 1.807) is 13.8 Å². The van der Waals surface area contributed by atoms with Gasteiger partial charge in [0.1, 0.15) is 48.8 Å². The molecule has 0 saturated carbocycles. The van der Waals surface area contributed by atoms with Gasteiger partial charge in [0.05, 0.1) is 6.33 Å². The number of nitrogens with zero attached hydrogens (tertiary/aromatic N) is 5. The van der Waals surface area contributed by atoms with Crippen LogP contribution in [0.3, 0.4) is 0 Å². The summed E-state index contributed by atoms with van der Waals surface area (Å²) in [5, 5.41) is 54.7. The minimum absolute atomic E-state index is 0.273. The summed E-state index contributed by atoms with van der Waals surface area (Å²) in [7, 11) is -37.8. The van der Waals surface area contributed by atoms with E-state index < -0.39 is 144 Å². The Hall–Kier alpha value is -4.11. The Bertz CT molecular complexity index is 3630. The Kier molecular flexibility index (Phi) is 27.5. The van der Waals surface area contributed by atoms with Gasteiger partial charge in [-0.05, 0) is 120 Å². The number of allylic oxidation sites excluding steroid dienone is 10. The van der Waals surface area contributed by atoms with E-state index in [9.17, 15) is 87.0 Å². The Balaban J connectivity index is 1.47. The molecule has 506 valence electrons. The van der Waals surface area contributed by atoms with Crippen molar-refractivity contribution < 1.29 is 127 Å². The van der Waals surface area contributed by atoms with Gasteiger partial charge in [-0.2, -0.15) is 27.2 Å². The number of rotatable bonds is 34. The van der Waals surface area contributed by atoms with E-state index in [0.29, 0.717) is 35.0 Å². The van der Waals surface area contributed by atoms with Crippen molar-refractivity contribution in [2.45, 2.75) is 181 Å². The van der Waals surface area contributed by atoms with E-state index in [4.69, 9.17) is 32.8 Å². The average Bonchev–Trinajstić information content (AvgIpc) is 1.65. The molecule has 7 unspecified atom stereocenters. The first kappa shape index (κ1) is 76.6. The van der Waals surface area contributed by atoms with E-state index in [-0.39, 0.29) is 17.6 Å². The summed E-state index contributed by atoms with van der Waals surface area (Å²) in [6, 6.07) is -0.212. The summed E-state index contributed by atoms with van der Waals surface area (Å²) in [5.74, 6) is -0.795. The molecule has 0 spiro atoms. The third-order valence-corrected chi connectivity index (χ3v) is 21.5. The molecule has 13 N–H and O–H groups in total. The lowest BCUT2D eigenvalue weighted by Crippen LogP contribution is -2.41. The number of H-pyrrole nitrogens is 1. The normalized spacial score (nSPS) is 25.4. The molecule has 0 amide bonds. The fraction of sp³-hybridized carbons (Fsp3) is 0.571. The number of hydrogen-bond donors (Lipinski definition) is 13. The Morgan fingerprint density at radius 2 is 1.02 bits per heavy atom. The quantitative estimate of drug-likeness (QED) is 0.0209. The molecule has 41 heteroatoms.